The monoisotopic (exact) mass is 278 g/mol. The van der Waals surface area contributed by atoms with Crippen LogP contribution in [-0.2, 0) is 0 Å². The lowest BCUT2D eigenvalue weighted by Crippen LogP contribution is -1.84. The average molecular weight is 279 g/mol. The molecule has 0 aliphatic carbocycles. The minimum atomic E-state index is -0.311. The van der Waals surface area contributed by atoms with E-state index in [0.717, 1.165) is 17.4 Å². The Labute approximate surface area is 101 Å². The van der Waals surface area contributed by atoms with E-state index >= 15 is 0 Å². The van der Waals surface area contributed by atoms with Crippen molar-refractivity contribution in [3.05, 3.63) is 58.3 Å². The second kappa shape index (κ2) is 4.58. The van der Waals surface area contributed by atoms with Crippen molar-refractivity contribution in [3.63, 3.8) is 0 Å². The average Bonchev–Trinajstić information content (AvgIpc) is 2.33. The highest BCUT2D eigenvalue weighted by molar-refractivity contribution is 9.10. The number of hydrogen-bond donors (Lipinski definition) is 0. The lowest BCUT2D eigenvalue weighted by molar-refractivity contribution is 0.112. The predicted molar refractivity (Wildman–Crippen MR) is 64.9 cm³/mol. The van der Waals surface area contributed by atoms with Crippen molar-refractivity contribution >= 4 is 22.2 Å². The fraction of sp³-hybridized carbons (Fsp3) is 0. The van der Waals surface area contributed by atoms with Crippen molar-refractivity contribution in [3.8, 4) is 11.1 Å². The van der Waals surface area contributed by atoms with Crippen LogP contribution in [0.5, 0.6) is 0 Å². The molecule has 0 spiro atoms. The summed E-state index contributed by atoms with van der Waals surface area (Å²) in [4.78, 5) is 10.6. The summed E-state index contributed by atoms with van der Waals surface area (Å²) in [7, 11) is 0. The second-order valence-electron chi connectivity index (χ2n) is 3.37. The maximum atomic E-state index is 13.3. The number of aldehydes is 1. The van der Waals surface area contributed by atoms with E-state index in [0.29, 0.717) is 10.0 Å². The molecule has 0 fully saturated rings. The molecule has 0 amide bonds. The molecule has 3 heteroatoms. The van der Waals surface area contributed by atoms with Crippen molar-refractivity contribution in [2.75, 3.05) is 0 Å². The summed E-state index contributed by atoms with van der Waals surface area (Å²) in [6.07, 6.45) is 0.777. The Bertz CT molecular complexity index is 537. The normalized spacial score (nSPS) is 10.1. The Balaban J connectivity index is 2.49. The molecule has 0 aliphatic rings. The molecule has 0 N–H and O–H groups in total. The van der Waals surface area contributed by atoms with Crippen LogP contribution in [0.3, 0.4) is 0 Å². The summed E-state index contributed by atoms with van der Waals surface area (Å²) >= 11 is 3.10. The Hall–Kier alpha value is -1.48. The Kier molecular flexibility index (Phi) is 3.15. The number of carbonyl (C=O) groups excluding carboxylic acids is 1. The van der Waals surface area contributed by atoms with Gasteiger partial charge >= 0.3 is 0 Å². The zero-order chi connectivity index (χ0) is 11.5. The van der Waals surface area contributed by atoms with Crippen LogP contribution in [0.4, 0.5) is 4.39 Å². The second-order valence-corrected chi connectivity index (χ2v) is 4.23. The van der Waals surface area contributed by atoms with E-state index in [1.807, 2.05) is 6.07 Å². The van der Waals surface area contributed by atoms with Gasteiger partial charge in [0.1, 0.15) is 12.1 Å². The van der Waals surface area contributed by atoms with E-state index in [2.05, 4.69) is 15.9 Å². The molecule has 0 saturated heterocycles. The summed E-state index contributed by atoms with van der Waals surface area (Å²) in [6, 6.07) is 12.0. The first-order valence-electron chi connectivity index (χ1n) is 4.71. The van der Waals surface area contributed by atoms with E-state index < -0.39 is 0 Å². The van der Waals surface area contributed by atoms with Gasteiger partial charge in [-0.15, -0.1) is 0 Å². The number of hydrogen-bond acceptors (Lipinski definition) is 1. The van der Waals surface area contributed by atoms with Crippen LogP contribution in [0, 0.1) is 5.82 Å². The quantitative estimate of drug-likeness (QED) is 0.757. The molecular formula is C13H8BrFO. The molecule has 0 unspecified atom stereocenters. The van der Waals surface area contributed by atoms with Crippen LogP contribution in [0.25, 0.3) is 11.1 Å². The minimum Gasteiger partial charge on any atom is -0.298 e. The molecular weight excluding hydrogens is 271 g/mol. The maximum absolute atomic E-state index is 13.3. The number of halogens is 2. The zero-order valence-corrected chi connectivity index (χ0v) is 9.87. The molecule has 1 nitrogen and oxygen atoms in total. The van der Waals surface area contributed by atoms with Gasteiger partial charge in [0.2, 0.25) is 0 Å². The topological polar surface area (TPSA) is 17.1 Å². The highest BCUT2D eigenvalue weighted by atomic mass is 79.9. The van der Waals surface area contributed by atoms with Gasteiger partial charge in [0.25, 0.3) is 0 Å². The van der Waals surface area contributed by atoms with Crippen molar-refractivity contribution < 1.29 is 9.18 Å². The van der Waals surface area contributed by atoms with Crippen molar-refractivity contribution in [1.82, 2.24) is 0 Å². The molecule has 0 atom stereocenters. The lowest BCUT2D eigenvalue weighted by Gasteiger charge is -2.03. The standard InChI is InChI=1S/C13H8BrFO/c14-12-5-4-11(7-13(12)15)10-3-1-2-9(6-10)8-16/h1-8H. The van der Waals surface area contributed by atoms with E-state index in [-0.39, 0.29) is 5.82 Å². The Morgan fingerprint density at radius 2 is 1.81 bits per heavy atom. The molecule has 2 aromatic rings. The van der Waals surface area contributed by atoms with Crippen LogP contribution in [-0.4, -0.2) is 6.29 Å². The van der Waals surface area contributed by atoms with E-state index in [1.165, 1.54) is 6.07 Å². The molecule has 0 heterocycles. The maximum Gasteiger partial charge on any atom is 0.150 e. The highest BCUT2D eigenvalue weighted by Gasteiger charge is 2.03. The molecule has 16 heavy (non-hydrogen) atoms. The van der Waals surface area contributed by atoms with Crippen LogP contribution >= 0.6 is 15.9 Å². The van der Waals surface area contributed by atoms with Crippen LogP contribution in [0.1, 0.15) is 10.4 Å². The first-order valence-corrected chi connectivity index (χ1v) is 5.50. The SMILES string of the molecule is O=Cc1cccc(-c2ccc(Br)c(F)c2)c1. The van der Waals surface area contributed by atoms with Gasteiger partial charge in [-0.2, -0.15) is 0 Å². The van der Waals surface area contributed by atoms with Crippen molar-refractivity contribution in [1.29, 1.82) is 0 Å². The summed E-state index contributed by atoms with van der Waals surface area (Å²) in [5, 5.41) is 0. The number of rotatable bonds is 2. The van der Waals surface area contributed by atoms with Gasteiger partial charge in [-0.1, -0.05) is 24.3 Å². The van der Waals surface area contributed by atoms with Gasteiger partial charge in [0.05, 0.1) is 4.47 Å². The first kappa shape index (κ1) is 11.0. The Morgan fingerprint density at radius 1 is 1.06 bits per heavy atom. The zero-order valence-electron chi connectivity index (χ0n) is 8.28. The largest absolute Gasteiger partial charge is 0.298 e. The van der Waals surface area contributed by atoms with Crippen LogP contribution < -0.4 is 0 Å². The van der Waals surface area contributed by atoms with E-state index in [9.17, 15) is 9.18 Å². The van der Waals surface area contributed by atoms with Gasteiger partial charge in [0, 0.05) is 5.56 Å². The van der Waals surface area contributed by atoms with Gasteiger partial charge in [-0.3, -0.25) is 4.79 Å². The predicted octanol–water partition coefficient (Wildman–Crippen LogP) is 4.07. The summed E-state index contributed by atoms with van der Waals surface area (Å²) < 4.78 is 13.8. The van der Waals surface area contributed by atoms with Gasteiger partial charge in [0.15, 0.2) is 0 Å². The number of benzene rings is 2. The van der Waals surface area contributed by atoms with Crippen LogP contribution in [0.15, 0.2) is 46.9 Å². The molecule has 0 radical (unpaired) electrons. The first-order chi connectivity index (χ1) is 7.70. The third kappa shape index (κ3) is 2.19. The summed E-state index contributed by atoms with van der Waals surface area (Å²) in [5.41, 5.74) is 2.17. The molecule has 2 aromatic carbocycles. The van der Waals surface area contributed by atoms with E-state index in [4.69, 9.17) is 0 Å². The molecule has 80 valence electrons. The fourth-order valence-electron chi connectivity index (χ4n) is 1.47. The molecule has 0 saturated carbocycles. The third-order valence-corrected chi connectivity index (χ3v) is 2.92. The molecule has 0 aromatic heterocycles. The molecule has 0 bridgehead atoms. The van der Waals surface area contributed by atoms with Gasteiger partial charge in [-0.05, 0) is 45.3 Å². The minimum absolute atomic E-state index is 0.311. The number of carbonyl (C=O) groups is 1. The van der Waals surface area contributed by atoms with E-state index in [1.54, 1.807) is 30.3 Å². The molecule has 0 aliphatic heterocycles. The third-order valence-electron chi connectivity index (χ3n) is 2.28. The smallest absolute Gasteiger partial charge is 0.150 e. The summed E-state index contributed by atoms with van der Waals surface area (Å²) in [5.74, 6) is -0.311. The highest BCUT2D eigenvalue weighted by Crippen LogP contribution is 2.24. The van der Waals surface area contributed by atoms with Crippen molar-refractivity contribution in [2.45, 2.75) is 0 Å². The lowest BCUT2D eigenvalue weighted by atomic mass is 10.0. The molecule has 2 rings (SSSR count). The van der Waals surface area contributed by atoms with Gasteiger partial charge < -0.3 is 0 Å². The van der Waals surface area contributed by atoms with Crippen LogP contribution in [0.2, 0.25) is 0 Å². The summed E-state index contributed by atoms with van der Waals surface area (Å²) in [6.45, 7) is 0. The fourth-order valence-corrected chi connectivity index (χ4v) is 1.71. The van der Waals surface area contributed by atoms with Crippen molar-refractivity contribution in [2.24, 2.45) is 0 Å². The Morgan fingerprint density at radius 3 is 2.50 bits per heavy atom. The van der Waals surface area contributed by atoms with Gasteiger partial charge in [-0.25, -0.2) is 4.39 Å².